The number of sulfone groups is 1. The first-order chi connectivity index (χ1) is 13.7. The summed E-state index contributed by atoms with van der Waals surface area (Å²) in [4.78, 5) is 35.3. The van der Waals surface area contributed by atoms with Crippen molar-refractivity contribution < 1.29 is 27.5 Å². The van der Waals surface area contributed by atoms with Crippen LogP contribution in [0.25, 0.3) is 0 Å². The molecular weight excluding hydrogens is 443 g/mol. The minimum absolute atomic E-state index is 0.0229. The first-order valence-electron chi connectivity index (χ1n) is 8.17. The van der Waals surface area contributed by atoms with Gasteiger partial charge < -0.3 is 4.74 Å². The second-order valence-corrected chi connectivity index (χ2v) is 8.62. The van der Waals surface area contributed by atoms with Crippen LogP contribution in [0.4, 0.5) is 0 Å². The topological polar surface area (TPSA) is 119 Å². The standard InChI is InChI=1S/C18H16Cl2N2O6S/c19-12-5-7-13(8-6-12)29(26,27)10-9-17(24)28-11-16(23)21-22-18(25)14-3-1-2-4-15(14)20/h1-8H,9-11H2,(H,21,23)(H,22,25). The van der Waals surface area contributed by atoms with Crippen LogP contribution in [0.3, 0.4) is 0 Å². The fourth-order valence-electron chi connectivity index (χ4n) is 2.07. The normalized spacial score (nSPS) is 10.8. The molecule has 29 heavy (non-hydrogen) atoms. The first kappa shape index (κ1) is 22.7. The Bertz CT molecular complexity index is 1010. The van der Waals surface area contributed by atoms with E-state index < -0.39 is 46.4 Å². The number of hydrogen-bond acceptors (Lipinski definition) is 6. The summed E-state index contributed by atoms with van der Waals surface area (Å²) in [5, 5.41) is 0.587. The third-order valence-corrected chi connectivity index (χ3v) is 5.86. The minimum atomic E-state index is -3.70. The van der Waals surface area contributed by atoms with E-state index in [2.05, 4.69) is 10.9 Å². The summed E-state index contributed by atoms with van der Waals surface area (Å²) in [5.41, 5.74) is 4.34. The molecule has 0 spiro atoms. The molecular formula is C18H16Cl2N2O6S. The molecule has 2 amide bonds. The lowest BCUT2D eigenvalue weighted by Crippen LogP contribution is -2.43. The Labute approximate surface area is 177 Å². The number of nitrogens with one attached hydrogen (secondary N) is 2. The highest BCUT2D eigenvalue weighted by Crippen LogP contribution is 2.16. The second-order valence-electron chi connectivity index (χ2n) is 5.67. The molecule has 0 aliphatic rings. The molecule has 0 radical (unpaired) electrons. The van der Waals surface area contributed by atoms with Crippen molar-refractivity contribution in [2.75, 3.05) is 12.4 Å². The van der Waals surface area contributed by atoms with E-state index in [9.17, 15) is 22.8 Å². The monoisotopic (exact) mass is 458 g/mol. The highest BCUT2D eigenvalue weighted by Gasteiger charge is 2.18. The number of hydrazine groups is 1. The predicted molar refractivity (Wildman–Crippen MR) is 106 cm³/mol. The average molecular weight is 459 g/mol. The number of carbonyl (C=O) groups is 3. The van der Waals surface area contributed by atoms with E-state index in [0.29, 0.717) is 5.02 Å². The third kappa shape index (κ3) is 7.04. The summed E-state index contributed by atoms with van der Waals surface area (Å²) < 4.78 is 29.0. The van der Waals surface area contributed by atoms with Crippen LogP contribution in [0, 0.1) is 0 Å². The van der Waals surface area contributed by atoms with Gasteiger partial charge in [-0.2, -0.15) is 0 Å². The largest absolute Gasteiger partial charge is 0.455 e. The molecule has 8 nitrogen and oxygen atoms in total. The van der Waals surface area contributed by atoms with E-state index in [1.54, 1.807) is 12.1 Å². The summed E-state index contributed by atoms with van der Waals surface area (Å²) in [6, 6.07) is 11.7. The molecule has 2 rings (SSSR count). The van der Waals surface area contributed by atoms with Crippen LogP contribution in [-0.2, 0) is 24.2 Å². The molecule has 2 aromatic rings. The Morgan fingerprint density at radius 1 is 0.931 bits per heavy atom. The van der Waals surface area contributed by atoms with Crippen molar-refractivity contribution in [2.24, 2.45) is 0 Å². The lowest BCUT2D eigenvalue weighted by molar-refractivity contribution is -0.148. The van der Waals surface area contributed by atoms with E-state index in [1.165, 1.54) is 36.4 Å². The SMILES string of the molecule is O=C(COC(=O)CCS(=O)(=O)c1ccc(Cl)cc1)NNC(=O)c1ccccc1Cl. The van der Waals surface area contributed by atoms with Crippen LogP contribution in [-0.4, -0.2) is 38.6 Å². The van der Waals surface area contributed by atoms with Crippen molar-refractivity contribution in [3.05, 3.63) is 64.1 Å². The van der Waals surface area contributed by atoms with E-state index in [4.69, 9.17) is 27.9 Å². The molecule has 0 bridgehead atoms. The van der Waals surface area contributed by atoms with E-state index in [0.717, 1.165) is 0 Å². The van der Waals surface area contributed by atoms with E-state index in [1.807, 2.05) is 0 Å². The highest BCUT2D eigenvalue weighted by molar-refractivity contribution is 7.91. The van der Waals surface area contributed by atoms with Gasteiger partial charge in [0.1, 0.15) is 0 Å². The summed E-state index contributed by atoms with van der Waals surface area (Å²) in [7, 11) is -3.70. The predicted octanol–water partition coefficient (Wildman–Crippen LogP) is 2.16. The van der Waals surface area contributed by atoms with E-state index in [-0.39, 0.29) is 15.5 Å². The van der Waals surface area contributed by atoms with E-state index >= 15 is 0 Å². The van der Waals surface area contributed by atoms with Crippen LogP contribution in [0.5, 0.6) is 0 Å². The van der Waals surface area contributed by atoms with Crippen LogP contribution >= 0.6 is 23.2 Å². The number of hydrogen-bond donors (Lipinski definition) is 2. The van der Waals surface area contributed by atoms with Gasteiger partial charge in [0.15, 0.2) is 16.4 Å². The molecule has 0 saturated heterocycles. The molecule has 11 heteroatoms. The first-order valence-corrected chi connectivity index (χ1v) is 10.6. The van der Waals surface area contributed by atoms with Crippen LogP contribution in [0.15, 0.2) is 53.4 Å². The summed E-state index contributed by atoms with van der Waals surface area (Å²) in [5.74, 6) is -2.82. The van der Waals surface area contributed by atoms with Gasteiger partial charge in [0.25, 0.3) is 11.8 Å². The van der Waals surface area contributed by atoms with Crippen molar-refractivity contribution in [1.82, 2.24) is 10.9 Å². The maximum Gasteiger partial charge on any atom is 0.307 e. The fourth-order valence-corrected chi connectivity index (χ4v) is 3.64. The maximum atomic E-state index is 12.1. The van der Waals surface area contributed by atoms with Gasteiger partial charge in [-0.05, 0) is 36.4 Å². The maximum absolute atomic E-state index is 12.1. The zero-order valence-electron chi connectivity index (χ0n) is 14.9. The lowest BCUT2D eigenvalue weighted by atomic mass is 10.2. The summed E-state index contributed by atoms with van der Waals surface area (Å²) in [6.07, 6.45) is -0.440. The fraction of sp³-hybridized carbons (Fsp3) is 0.167. The van der Waals surface area contributed by atoms with Crippen molar-refractivity contribution in [1.29, 1.82) is 0 Å². The Morgan fingerprint density at radius 2 is 1.59 bits per heavy atom. The number of halogens is 2. The van der Waals surface area contributed by atoms with Gasteiger partial charge in [-0.3, -0.25) is 25.2 Å². The number of rotatable bonds is 7. The van der Waals surface area contributed by atoms with Crippen LogP contribution in [0.2, 0.25) is 10.0 Å². The van der Waals surface area contributed by atoms with Crippen molar-refractivity contribution in [2.45, 2.75) is 11.3 Å². The van der Waals surface area contributed by atoms with Gasteiger partial charge in [-0.15, -0.1) is 0 Å². The summed E-state index contributed by atoms with van der Waals surface area (Å²) in [6.45, 7) is -0.692. The van der Waals surface area contributed by atoms with Crippen molar-refractivity contribution in [3.8, 4) is 0 Å². The van der Waals surface area contributed by atoms with Gasteiger partial charge in [0, 0.05) is 5.02 Å². The molecule has 154 valence electrons. The van der Waals surface area contributed by atoms with Gasteiger partial charge in [0.05, 0.1) is 27.7 Å². The molecule has 2 N–H and O–H groups in total. The van der Waals surface area contributed by atoms with Crippen molar-refractivity contribution >= 4 is 50.8 Å². The Hall–Kier alpha value is -2.62. The number of carbonyl (C=O) groups excluding carboxylic acids is 3. The minimum Gasteiger partial charge on any atom is -0.455 e. The third-order valence-electron chi connectivity index (χ3n) is 3.55. The highest BCUT2D eigenvalue weighted by atomic mass is 35.5. The summed E-state index contributed by atoms with van der Waals surface area (Å²) >= 11 is 11.6. The molecule has 2 aromatic carbocycles. The van der Waals surface area contributed by atoms with Crippen LogP contribution < -0.4 is 10.9 Å². The van der Waals surface area contributed by atoms with Crippen LogP contribution in [0.1, 0.15) is 16.8 Å². The number of amides is 2. The Balaban J connectivity index is 1.74. The van der Waals surface area contributed by atoms with Gasteiger partial charge in [0.2, 0.25) is 0 Å². The molecule has 0 unspecified atom stereocenters. The van der Waals surface area contributed by atoms with Gasteiger partial charge in [-0.1, -0.05) is 35.3 Å². The molecule has 0 aliphatic carbocycles. The molecule has 0 atom stereocenters. The Kier molecular flexibility index (Phi) is 8.00. The quantitative estimate of drug-likeness (QED) is 0.484. The molecule has 0 aliphatic heterocycles. The number of esters is 1. The van der Waals surface area contributed by atoms with Crippen molar-refractivity contribution in [3.63, 3.8) is 0 Å². The Morgan fingerprint density at radius 3 is 2.24 bits per heavy atom. The second kappa shape index (κ2) is 10.2. The zero-order valence-corrected chi connectivity index (χ0v) is 17.2. The smallest absolute Gasteiger partial charge is 0.307 e. The van der Waals surface area contributed by atoms with Gasteiger partial charge >= 0.3 is 5.97 Å². The molecule has 0 saturated carbocycles. The van der Waals surface area contributed by atoms with Gasteiger partial charge in [-0.25, -0.2) is 8.42 Å². The zero-order chi connectivity index (χ0) is 21.4. The molecule has 0 heterocycles. The average Bonchev–Trinajstić information content (AvgIpc) is 2.69. The lowest BCUT2D eigenvalue weighted by Gasteiger charge is -2.09. The number of ether oxygens (including phenoxy) is 1. The molecule has 0 fully saturated rings. The number of benzene rings is 2. The molecule has 0 aromatic heterocycles.